The number of benzene rings is 2. The van der Waals surface area contributed by atoms with Crippen LogP contribution in [0.5, 0.6) is 0 Å². The van der Waals surface area contributed by atoms with Crippen LogP contribution < -0.4 is 5.73 Å². The summed E-state index contributed by atoms with van der Waals surface area (Å²) in [6, 6.07) is 17.5. The molecule has 1 aromatic heterocycles. The van der Waals surface area contributed by atoms with Crippen molar-refractivity contribution < 1.29 is 9.32 Å². The normalized spacial score (nSPS) is 20.0. The van der Waals surface area contributed by atoms with Crippen LogP contribution >= 0.6 is 15.9 Å². The second-order valence-corrected chi connectivity index (χ2v) is 7.71. The number of primary amides is 1. The third-order valence-electron chi connectivity index (χ3n) is 5.06. The van der Waals surface area contributed by atoms with Gasteiger partial charge in [-0.15, -0.1) is 0 Å². The van der Waals surface area contributed by atoms with Crippen molar-refractivity contribution in [3.63, 3.8) is 0 Å². The molecule has 1 amide bonds. The smallest absolute Gasteiger partial charge is 0.241 e. The van der Waals surface area contributed by atoms with E-state index in [9.17, 15) is 4.79 Å². The molecular weight excluding hydrogens is 408 g/mol. The fourth-order valence-corrected chi connectivity index (χ4v) is 4.01. The van der Waals surface area contributed by atoms with Gasteiger partial charge in [-0.2, -0.15) is 4.98 Å². The predicted molar refractivity (Wildman–Crippen MR) is 105 cm³/mol. The Morgan fingerprint density at radius 1 is 1.22 bits per heavy atom. The maximum absolute atomic E-state index is 12.3. The van der Waals surface area contributed by atoms with Gasteiger partial charge >= 0.3 is 0 Å². The Hall–Kier alpha value is -2.51. The number of rotatable bonds is 5. The number of nitrogens with zero attached hydrogens (tertiary/aromatic N) is 3. The Morgan fingerprint density at radius 2 is 2.04 bits per heavy atom. The van der Waals surface area contributed by atoms with Gasteiger partial charge in [-0.3, -0.25) is 9.69 Å². The Morgan fingerprint density at radius 3 is 2.78 bits per heavy atom. The molecule has 7 heteroatoms. The van der Waals surface area contributed by atoms with Crippen molar-refractivity contribution in [1.82, 2.24) is 15.0 Å². The molecule has 1 atom stereocenters. The average Bonchev–Trinajstić information content (AvgIpc) is 3.31. The third kappa shape index (κ3) is 3.52. The maximum atomic E-state index is 12.3. The van der Waals surface area contributed by atoms with Crippen molar-refractivity contribution in [3.8, 4) is 11.4 Å². The van der Waals surface area contributed by atoms with Crippen molar-refractivity contribution in [2.45, 2.75) is 18.4 Å². The molecule has 0 radical (unpaired) electrons. The molecule has 1 unspecified atom stereocenters. The topological polar surface area (TPSA) is 85.3 Å². The summed E-state index contributed by atoms with van der Waals surface area (Å²) in [5.41, 5.74) is 6.97. The molecular formula is C20H19BrN4O2. The molecule has 27 heavy (non-hydrogen) atoms. The highest BCUT2D eigenvalue weighted by Gasteiger charge is 2.44. The van der Waals surface area contributed by atoms with Gasteiger partial charge in [-0.1, -0.05) is 63.6 Å². The van der Waals surface area contributed by atoms with E-state index in [4.69, 9.17) is 10.3 Å². The molecule has 2 N–H and O–H groups in total. The number of aromatic nitrogens is 2. The largest absolute Gasteiger partial charge is 0.369 e. The van der Waals surface area contributed by atoms with E-state index in [0.717, 1.165) is 22.1 Å². The van der Waals surface area contributed by atoms with Gasteiger partial charge in [0.2, 0.25) is 17.6 Å². The lowest BCUT2D eigenvalue weighted by atomic mass is 9.79. The summed E-state index contributed by atoms with van der Waals surface area (Å²) < 4.78 is 6.38. The molecule has 6 nitrogen and oxygen atoms in total. The highest BCUT2D eigenvalue weighted by molar-refractivity contribution is 9.10. The van der Waals surface area contributed by atoms with Crippen LogP contribution in [0.15, 0.2) is 63.6 Å². The van der Waals surface area contributed by atoms with E-state index >= 15 is 0 Å². The number of nitrogens with two attached hydrogens (primary N) is 1. The first kappa shape index (κ1) is 17.9. The van der Waals surface area contributed by atoms with Crippen LogP contribution in [0.1, 0.15) is 17.9 Å². The molecule has 4 rings (SSSR count). The summed E-state index contributed by atoms with van der Waals surface area (Å²) in [6.45, 7) is 1.77. The second kappa shape index (κ2) is 7.25. The minimum Gasteiger partial charge on any atom is -0.369 e. The molecule has 0 bridgehead atoms. The van der Waals surface area contributed by atoms with E-state index in [1.165, 1.54) is 0 Å². The lowest BCUT2D eigenvalue weighted by Gasteiger charge is -2.26. The fourth-order valence-electron chi connectivity index (χ4n) is 3.62. The van der Waals surface area contributed by atoms with Gasteiger partial charge in [0.25, 0.3) is 0 Å². The van der Waals surface area contributed by atoms with Crippen LogP contribution in [-0.4, -0.2) is 34.0 Å². The molecule has 0 aliphatic carbocycles. The lowest BCUT2D eigenvalue weighted by Crippen LogP contribution is -2.43. The van der Waals surface area contributed by atoms with Crippen LogP contribution in [-0.2, 0) is 16.8 Å². The van der Waals surface area contributed by atoms with E-state index in [2.05, 4.69) is 31.0 Å². The highest BCUT2D eigenvalue weighted by Crippen LogP contribution is 2.35. The van der Waals surface area contributed by atoms with Crippen molar-refractivity contribution in [2.75, 3.05) is 13.1 Å². The minimum atomic E-state index is -0.672. The van der Waals surface area contributed by atoms with E-state index in [1.807, 2.05) is 54.6 Å². The number of carbonyl (C=O) groups excluding carboxylic acids is 1. The monoisotopic (exact) mass is 426 g/mol. The van der Waals surface area contributed by atoms with Crippen molar-refractivity contribution in [3.05, 3.63) is 70.5 Å². The first-order chi connectivity index (χ1) is 13.1. The predicted octanol–water partition coefficient (Wildman–Crippen LogP) is 3.13. The van der Waals surface area contributed by atoms with Crippen LogP contribution in [0.25, 0.3) is 11.4 Å². The van der Waals surface area contributed by atoms with Gasteiger partial charge < -0.3 is 10.3 Å². The van der Waals surface area contributed by atoms with Gasteiger partial charge in [0, 0.05) is 23.1 Å². The van der Waals surface area contributed by atoms with Crippen molar-refractivity contribution in [2.24, 2.45) is 5.73 Å². The van der Waals surface area contributed by atoms with Crippen molar-refractivity contribution in [1.29, 1.82) is 0 Å². The fraction of sp³-hybridized carbons (Fsp3) is 0.250. The summed E-state index contributed by atoms with van der Waals surface area (Å²) in [5, 5.41) is 4.07. The molecule has 1 aliphatic rings. The Balaban J connectivity index is 1.51. The number of hydrogen-bond donors (Lipinski definition) is 1. The Bertz CT molecular complexity index is 959. The van der Waals surface area contributed by atoms with Gasteiger partial charge in [0.1, 0.15) is 0 Å². The van der Waals surface area contributed by atoms with E-state index < -0.39 is 5.41 Å². The minimum absolute atomic E-state index is 0.295. The Kier molecular flexibility index (Phi) is 4.80. The summed E-state index contributed by atoms with van der Waals surface area (Å²) in [7, 11) is 0. The molecule has 138 valence electrons. The molecule has 2 heterocycles. The van der Waals surface area contributed by atoms with Crippen LogP contribution in [0.4, 0.5) is 0 Å². The first-order valence-corrected chi connectivity index (χ1v) is 9.52. The molecule has 1 saturated heterocycles. The Labute approximate surface area is 165 Å². The van der Waals surface area contributed by atoms with Gasteiger partial charge in [-0.25, -0.2) is 0 Å². The maximum Gasteiger partial charge on any atom is 0.241 e. The summed E-state index contributed by atoms with van der Waals surface area (Å²) in [5.74, 6) is 0.782. The van der Waals surface area contributed by atoms with Gasteiger partial charge in [-0.05, 0) is 24.1 Å². The summed E-state index contributed by atoms with van der Waals surface area (Å²) >= 11 is 3.45. The molecule has 0 saturated carbocycles. The standard InChI is InChI=1S/C20H19BrN4O2/c21-16-8-4-5-14(11-16)18-23-17(27-24-18)12-25-10-9-20(13-25,19(22)26)15-6-2-1-3-7-15/h1-8,11H,9-10,12-13H2,(H2,22,26). The lowest BCUT2D eigenvalue weighted by molar-refractivity contribution is -0.123. The second-order valence-electron chi connectivity index (χ2n) is 6.80. The summed E-state index contributed by atoms with van der Waals surface area (Å²) in [4.78, 5) is 18.9. The number of hydrogen-bond acceptors (Lipinski definition) is 5. The van der Waals surface area contributed by atoms with E-state index in [-0.39, 0.29) is 5.91 Å². The van der Waals surface area contributed by atoms with Gasteiger partial charge in [0.05, 0.1) is 12.0 Å². The van der Waals surface area contributed by atoms with Crippen LogP contribution in [0, 0.1) is 0 Å². The molecule has 3 aromatic rings. The number of carbonyl (C=O) groups is 1. The van der Waals surface area contributed by atoms with Crippen LogP contribution in [0.2, 0.25) is 0 Å². The third-order valence-corrected chi connectivity index (χ3v) is 5.55. The summed E-state index contributed by atoms with van der Waals surface area (Å²) in [6.07, 6.45) is 0.680. The zero-order valence-electron chi connectivity index (χ0n) is 14.6. The molecule has 2 aromatic carbocycles. The quantitative estimate of drug-likeness (QED) is 0.677. The van der Waals surface area contributed by atoms with E-state index in [1.54, 1.807) is 0 Å². The zero-order valence-corrected chi connectivity index (χ0v) is 16.2. The molecule has 0 spiro atoms. The molecule has 1 aliphatic heterocycles. The van der Waals surface area contributed by atoms with Crippen LogP contribution in [0.3, 0.4) is 0 Å². The van der Waals surface area contributed by atoms with E-state index in [0.29, 0.717) is 31.2 Å². The van der Waals surface area contributed by atoms with Gasteiger partial charge in [0.15, 0.2) is 0 Å². The number of likely N-dealkylation sites (tertiary alicyclic amines) is 1. The highest BCUT2D eigenvalue weighted by atomic mass is 79.9. The zero-order chi connectivity index (χ0) is 18.9. The first-order valence-electron chi connectivity index (χ1n) is 8.73. The number of halogens is 1. The SMILES string of the molecule is NC(=O)C1(c2ccccc2)CCN(Cc2nc(-c3cccc(Br)c3)no2)C1. The average molecular weight is 427 g/mol. The molecule has 1 fully saturated rings. The van der Waals surface area contributed by atoms with Crippen molar-refractivity contribution >= 4 is 21.8 Å². The number of amides is 1.